The Morgan fingerprint density at radius 1 is 1.12 bits per heavy atom. The topological polar surface area (TPSA) is 61.4 Å². The highest BCUT2D eigenvalue weighted by Crippen LogP contribution is 2.27. The highest BCUT2D eigenvalue weighted by molar-refractivity contribution is 5.94. The van der Waals surface area contributed by atoms with Crippen LogP contribution in [0.5, 0.6) is 0 Å². The molecule has 0 aliphatic carbocycles. The number of carbonyl (C=O) groups is 1. The first kappa shape index (κ1) is 14.9. The zero-order valence-corrected chi connectivity index (χ0v) is 13.6. The quantitative estimate of drug-likeness (QED) is 0.920. The summed E-state index contributed by atoms with van der Waals surface area (Å²) in [4.78, 5) is 25.3. The molecule has 1 aromatic carbocycles. The first-order chi connectivity index (χ1) is 11.8. The summed E-state index contributed by atoms with van der Waals surface area (Å²) in [6, 6.07) is 10.1. The minimum absolute atomic E-state index is 0.000722. The van der Waals surface area contributed by atoms with Crippen molar-refractivity contribution in [3.05, 3.63) is 48.3 Å². The number of fused-ring (bicyclic) bond motifs is 1. The molecule has 0 spiro atoms. The van der Waals surface area contributed by atoms with Crippen LogP contribution in [0.4, 0.5) is 16.4 Å². The van der Waals surface area contributed by atoms with Gasteiger partial charge in [0, 0.05) is 43.8 Å². The molecule has 2 aliphatic rings. The summed E-state index contributed by atoms with van der Waals surface area (Å²) >= 11 is 0. The van der Waals surface area contributed by atoms with E-state index in [0.29, 0.717) is 0 Å². The van der Waals surface area contributed by atoms with Crippen molar-refractivity contribution in [2.75, 3.05) is 29.4 Å². The van der Waals surface area contributed by atoms with Gasteiger partial charge in [0.25, 0.3) is 0 Å². The van der Waals surface area contributed by atoms with Crippen molar-refractivity contribution in [3.63, 3.8) is 0 Å². The Labute approximate surface area is 141 Å². The van der Waals surface area contributed by atoms with Gasteiger partial charge in [0.1, 0.15) is 0 Å². The summed E-state index contributed by atoms with van der Waals surface area (Å²) in [5, 5.41) is 3.19. The van der Waals surface area contributed by atoms with Gasteiger partial charge in [-0.15, -0.1) is 0 Å². The van der Waals surface area contributed by atoms with Crippen LogP contribution < -0.4 is 15.1 Å². The van der Waals surface area contributed by atoms with Crippen molar-refractivity contribution in [2.24, 2.45) is 0 Å². The third kappa shape index (κ3) is 2.91. The molecule has 1 saturated heterocycles. The van der Waals surface area contributed by atoms with Gasteiger partial charge in [-0.05, 0) is 37.0 Å². The molecule has 0 saturated carbocycles. The Balaban J connectivity index is 1.41. The predicted molar refractivity (Wildman–Crippen MR) is 93.3 cm³/mol. The lowest BCUT2D eigenvalue weighted by Crippen LogP contribution is -2.51. The van der Waals surface area contributed by atoms with Crippen LogP contribution in [0.2, 0.25) is 0 Å². The molecule has 2 amide bonds. The van der Waals surface area contributed by atoms with Gasteiger partial charge in [-0.1, -0.05) is 18.2 Å². The van der Waals surface area contributed by atoms with E-state index in [1.54, 1.807) is 12.4 Å². The number of aromatic nitrogens is 2. The van der Waals surface area contributed by atoms with E-state index in [1.165, 1.54) is 5.56 Å². The van der Waals surface area contributed by atoms with Crippen LogP contribution in [0.15, 0.2) is 42.7 Å². The van der Waals surface area contributed by atoms with Gasteiger partial charge < -0.3 is 10.2 Å². The predicted octanol–water partition coefficient (Wildman–Crippen LogP) is 2.22. The largest absolute Gasteiger partial charge is 0.339 e. The number of urea groups is 1. The number of nitrogens with zero attached hydrogens (tertiary/aromatic N) is 4. The minimum atomic E-state index is 0.000722. The molecule has 3 heterocycles. The van der Waals surface area contributed by atoms with Gasteiger partial charge in [0.05, 0.1) is 0 Å². The van der Waals surface area contributed by atoms with Crippen LogP contribution >= 0.6 is 0 Å². The van der Waals surface area contributed by atoms with E-state index in [1.807, 2.05) is 29.2 Å². The Morgan fingerprint density at radius 2 is 1.96 bits per heavy atom. The van der Waals surface area contributed by atoms with Gasteiger partial charge in [-0.3, -0.25) is 4.90 Å². The highest BCUT2D eigenvalue weighted by Gasteiger charge is 2.28. The van der Waals surface area contributed by atoms with Crippen LogP contribution in [0.1, 0.15) is 18.4 Å². The number of hydrogen-bond acceptors (Lipinski definition) is 4. The third-order valence-corrected chi connectivity index (χ3v) is 4.72. The number of anilines is 2. The molecule has 1 fully saturated rings. The van der Waals surface area contributed by atoms with E-state index in [-0.39, 0.29) is 12.1 Å². The fourth-order valence-corrected chi connectivity index (χ4v) is 3.53. The average Bonchev–Trinajstić information content (AvgIpc) is 3.07. The SMILES string of the molecule is O=C(N[C@@H]1CCCN(c2ncccn2)C1)N1CCc2ccccc21. The van der Waals surface area contributed by atoms with Crippen LogP contribution in [-0.4, -0.2) is 41.7 Å². The maximum Gasteiger partial charge on any atom is 0.322 e. The molecule has 2 aliphatic heterocycles. The lowest BCUT2D eigenvalue weighted by molar-refractivity contribution is 0.241. The molecule has 6 heteroatoms. The molecule has 0 radical (unpaired) electrons. The Hall–Kier alpha value is -2.63. The number of para-hydroxylation sites is 1. The Kier molecular flexibility index (Phi) is 4.02. The van der Waals surface area contributed by atoms with Gasteiger partial charge in [-0.25, -0.2) is 14.8 Å². The second-order valence-corrected chi connectivity index (χ2v) is 6.31. The first-order valence-corrected chi connectivity index (χ1v) is 8.49. The number of carbonyl (C=O) groups excluding carboxylic acids is 1. The van der Waals surface area contributed by atoms with Gasteiger partial charge in [0.2, 0.25) is 5.95 Å². The minimum Gasteiger partial charge on any atom is -0.339 e. The van der Waals surface area contributed by atoms with Crippen molar-refractivity contribution in [2.45, 2.75) is 25.3 Å². The molecular formula is C18H21N5O. The van der Waals surface area contributed by atoms with Crippen LogP contribution in [0.25, 0.3) is 0 Å². The van der Waals surface area contributed by atoms with E-state index in [2.05, 4.69) is 26.3 Å². The molecule has 1 aromatic heterocycles. The number of hydrogen-bond donors (Lipinski definition) is 1. The monoisotopic (exact) mass is 323 g/mol. The maximum atomic E-state index is 12.7. The molecule has 0 bridgehead atoms. The number of nitrogens with one attached hydrogen (secondary N) is 1. The molecule has 6 nitrogen and oxygen atoms in total. The van der Waals surface area contributed by atoms with E-state index in [0.717, 1.165) is 50.5 Å². The van der Waals surface area contributed by atoms with E-state index >= 15 is 0 Å². The second kappa shape index (κ2) is 6.47. The molecule has 1 atom stereocenters. The van der Waals surface area contributed by atoms with Crippen molar-refractivity contribution < 1.29 is 4.79 Å². The fraction of sp³-hybridized carbons (Fsp3) is 0.389. The first-order valence-electron chi connectivity index (χ1n) is 8.49. The number of amides is 2. The summed E-state index contributed by atoms with van der Waals surface area (Å²) in [7, 11) is 0. The van der Waals surface area contributed by atoms with Crippen molar-refractivity contribution in [3.8, 4) is 0 Å². The molecular weight excluding hydrogens is 302 g/mol. The fourth-order valence-electron chi connectivity index (χ4n) is 3.53. The third-order valence-electron chi connectivity index (χ3n) is 4.72. The van der Waals surface area contributed by atoms with Gasteiger partial charge in [0.15, 0.2) is 0 Å². The standard InChI is InChI=1S/C18H21N5O/c24-18(23-12-8-14-5-1-2-7-16(14)23)21-15-6-3-11-22(13-15)17-19-9-4-10-20-17/h1-2,4-5,7,9-10,15H,3,6,8,11-13H2,(H,21,24)/t15-/m1/s1. The number of piperidine rings is 1. The molecule has 4 rings (SSSR count). The number of rotatable bonds is 2. The molecule has 2 aromatic rings. The number of benzene rings is 1. The maximum absolute atomic E-state index is 12.7. The van der Waals surface area contributed by atoms with E-state index in [4.69, 9.17) is 0 Å². The highest BCUT2D eigenvalue weighted by atomic mass is 16.2. The normalized spacial score (nSPS) is 19.9. The molecule has 1 N–H and O–H groups in total. The summed E-state index contributed by atoms with van der Waals surface area (Å²) in [5.74, 6) is 0.739. The zero-order valence-electron chi connectivity index (χ0n) is 13.6. The lowest BCUT2D eigenvalue weighted by atomic mass is 10.1. The van der Waals surface area contributed by atoms with Gasteiger partial charge in [-0.2, -0.15) is 0 Å². The zero-order chi connectivity index (χ0) is 16.4. The van der Waals surface area contributed by atoms with Crippen LogP contribution in [0, 0.1) is 0 Å². The summed E-state index contributed by atoms with van der Waals surface area (Å²) in [6.45, 7) is 2.44. The summed E-state index contributed by atoms with van der Waals surface area (Å²) in [6.07, 6.45) is 6.46. The summed E-state index contributed by atoms with van der Waals surface area (Å²) < 4.78 is 0. The second-order valence-electron chi connectivity index (χ2n) is 6.31. The van der Waals surface area contributed by atoms with Crippen LogP contribution in [-0.2, 0) is 6.42 Å². The smallest absolute Gasteiger partial charge is 0.322 e. The lowest BCUT2D eigenvalue weighted by Gasteiger charge is -2.34. The van der Waals surface area contributed by atoms with Crippen molar-refractivity contribution in [1.29, 1.82) is 0 Å². The molecule has 124 valence electrons. The van der Waals surface area contributed by atoms with Crippen molar-refractivity contribution in [1.82, 2.24) is 15.3 Å². The Morgan fingerprint density at radius 3 is 2.83 bits per heavy atom. The van der Waals surface area contributed by atoms with E-state index in [9.17, 15) is 4.79 Å². The van der Waals surface area contributed by atoms with Gasteiger partial charge >= 0.3 is 6.03 Å². The molecule has 24 heavy (non-hydrogen) atoms. The van der Waals surface area contributed by atoms with Crippen LogP contribution in [0.3, 0.4) is 0 Å². The van der Waals surface area contributed by atoms with E-state index < -0.39 is 0 Å². The average molecular weight is 323 g/mol. The Bertz CT molecular complexity index is 720. The molecule has 0 unspecified atom stereocenters. The summed E-state index contributed by atoms with van der Waals surface area (Å²) in [5.41, 5.74) is 2.28. The van der Waals surface area contributed by atoms with Crippen molar-refractivity contribution >= 4 is 17.7 Å².